The molecule has 0 bridgehead atoms. The molecule has 8 heteroatoms. The molecule has 0 saturated heterocycles. The Morgan fingerprint density at radius 1 is 1.24 bits per heavy atom. The molecule has 1 aromatic rings. The first kappa shape index (κ1) is 17.8. The maximum absolute atomic E-state index is 12.5. The van der Waals surface area contributed by atoms with E-state index in [2.05, 4.69) is 4.72 Å². The summed E-state index contributed by atoms with van der Waals surface area (Å²) in [7, 11) is -3.58. The molecule has 0 atom stereocenters. The predicted octanol–water partition coefficient (Wildman–Crippen LogP) is 1.40. The van der Waals surface area contributed by atoms with Crippen molar-refractivity contribution < 1.29 is 17.2 Å². The summed E-state index contributed by atoms with van der Waals surface area (Å²) in [4.78, 5) is 1.53. The number of nitrogens with one attached hydrogen (secondary N) is 1. The highest BCUT2D eigenvalue weighted by Gasteiger charge is 2.17. The van der Waals surface area contributed by atoms with E-state index in [1.807, 2.05) is 0 Å². The van der Waals surface area contributed by atoms with E-state index in [1.54, 1.807) is 13.8 Å². The number of nitrogens with two attached hydrogens (primary N) is 1. The van der Waals surface area contributed by atoms with Gasteiger partial charge in [-0.15, -0.1) is 0 Å². The van der Waals surface area contributed by atoms with Crippen molar-refractivity contribution >= 4 is 15.7 Å². The Kier molecular flexibility index (Phi) is 6.50. The van der Waals surface area contributed by atoms with Gasteiger partial charge in [-0.3, -0.25) is 0 Å². The average molecular weight is 321 g/mol. The summed E-state index contributed by atoms with van der Waals surface area (Å²) < 4.78 is 51.4. The third kappa shape index (κ3) is 5.56. The zero-order valence-electron chi connectivity index (χ0n) is 12.1. The third-order valence-corrected chi connectivity index (χ3v) is 4.33. The van der Waals surface area contributed by atoms with E-state index in [4.69, 9.17) is 5.73 Å². The highest BCUT2D eigenvalue weighted by atomic mass is 32.2. The summed E-state index contributed by atoms with van der Waals surface area (Å²) in [5, 5.41) is 0. The van der Waals surface area contributed by atoms with Gasteiger partial charge in [0.15, 0.2) is 0 Å². The third-order valence-electron chi connectivity index (χ3n) is 2.66. The number of hydrogen-bond donors (Lipinski definition) is 2. The Balaban J connectivity index is 2.94. The van der Waals surface area contributed by atoms with E-state index in [0.29, 0.717) is 5.69 Å². The summed E-state index contributed by atoms with van der Waals surface area (Å²) in [5.74, 6) is 0. The summed E-state index contributed by atoms with van der Waals surface area (Å²) in [6.07, 6.45) is -2.48. The van der Waals surface area contributed by atoms with E-state index >= 15 is 0 Å². The molecule has 0 unspecified atom stereocenters. The first-order chi connectivity index (χ1) is 9.76. The minimum absolute atomic E-state index is 0.102. The van der Waals surface area contributed by atoms with Gasteiger partial charge in [0.1, 0.15) is 0 Å². The van der Waals surface area contributed by atoms with Crippen LogP contribution >= 0.6 is 0 Å². The smallest absolute Gasteiger partial charge is 0.255 e. The molecule has 3 N–H and O–H groups in total. The number of benzene rings is 1. The van der Waals surface area contributed by atoms with Crippen LogP contribution in [-0.4, -0.2) is 40.5 Å². The molecular weight excluding hydrogens is 300 g/mol. The minimum Gasteiger partial charge on any atom is -0.365 e. The summed E-state index contributed by atoms with van der Waals surface area (Å²) >= 11 is 0. The Hall–Kier alpha value is -1.25. The predicted molar refractivity (Wildman–Crippen MR) is 79.2 cm³/mol. The second-order valence-electron chi connectivity index (χ2n) is 4.90. The van der Waals surface area contributed by atoms with E-state index in [0.717, 1.165) is 0 Å². The molecule has 0 aliphatic carbocycles. The van der Waals surface area contributed by atoms with Gasteiger partial charge in [0, 0.05) is 24.8 Å². The molecule has 0 aliphatic heterocycles. The molecule has 0 heterocycles. The van der Waals surface area contributed by atoms with Crippen LogP contribution in [0, 0.1) is 0 Å². The number of halogens is 2. The quantitative estimate of drug-likeness (QED) is 0.759. The van der Waals surface area contributed by atoms with Gasteiger partial charge < -0.3 is 10.6 Å². The van der Waals surface area contributed by atoms with Crippen LogP contribution < -0.4 is 15.4 Å². The average Bonchev–Trinajstić information content (AvgIpc) is 2.36. The van der Waals surface area contributed by atoms with Gasteiger partial charge in [-0.25, -0.2) is 21.9 Å². The molecular formula is C13H21F2N3O2S. The molecule has 0 aromatic heterocycles. The number of nitrogens with zero attached hydrogens (tertiary/aromatic N) is 1. The standard InChI is InChI=1S/C13H21F2N3O2S/c1-10(2)17-21(19,20)12-5-3-11(4-6-12)18(8-7-16)9-13(14)15/h3-6,10,13,17H,7-9,16H2,1-2H3. The fraction of sp³-hybridized carbons (Fsp3) is 0.538. The van der Waals surface area contributed by atoms with Crippen LogP contribution in [0.25, 0.3) is 0 Å². The Morgan fingerprint density at radius 3 is 2.24 bits per heavy atom. The van der Waals surface area contributed by atoms with Crippen molar-refractivity contribution in [3.63, 3.8) is 0 Å². The molecule has 0 radical (unpaired) electrons. The molecule has 0 aliphatic rings. The summed E-state index contributed by atoms with van der Waals surface area (Å²) in [5.41, 5.74) is 5.92. The van der Waals surface area contributed by atoms with Crippen molar-refractivity contribution in [1.82, 2.24) is 4.72 Å². The van der Waals surface area contributed by atoms with Crippen molar-refractivity contribution in [2.24, 2.45) is 5.73 Å². The second-order valence-corrected chi connectivity index (χ2v) is 6.61. The molecule has 1 aromatic carbocycles. The van der Waals surface area contributed by atoms with Crippen molar-refractivity contribution in [3.8, 4) is 0 Å². The van der Waals surface area contributed by atoms with Crippen molar-refractivity contribution in [1.29, 1.82) is 0 Å². The Labute approximate surface area is 124 Å². The SMILES string of the molecule is CC(C)NS(=O)(=O)c1ccc(N(CCN)CC(F)F)cc1. The van der Waals surface area contributed by atoms with Crippen LogP contribution in [0.5, 0.6) is 0 Å². The lowest BCUT2D eigenvalue weighted by molar-refractivity contribution is 0.155. The van der Waals surface area contributed by atoms with Crippen molar-refractivity contribution in [2.75, 3.05) is 24.5 Å². The molecule has 21 heavy (non-hydrogen) atoms. The normalized spacial score (nSPS) is 12.1. The van der Waals surface area contributed by atoms with Crippen LogP contribution in [0.1, 0.15) is 13.8 Å². The van der Waals surface area contributed by atoms with E-state index in [1.165, 1.54) is 29.2 Å². The van der Waals surface area contributed by atoms with Crippen molar-refractivity contribution in [3.05, 3.63) is 24.3 Å². The molecule has 5 nitrogen and oxygen atoms in total. The topological polar surface area (TPSA) is 75.4 Å². The fourth-order valence-electron chi connectivity index (χ4n) is 1.86. The molecule has 0 amide bonds. The minimum atomic E-state index is -3.58. The first-order valence-electron chi connectivity index (χ1n) is 6.62. The van der Waals surface area contributed by atoms with E-state index < -0.39 is 23.0 Å². The highest BCUT2D eigenvalue weighted by molar-refractivity contribution is 7.89. The largest absolute Gasteiger partial charge is 0.365 e. The van der Waals surface area contributed by atoms with Gasteiger partial charge in [0.25, 0.3) is 6.43 Å². The van der Waals surface area contributed by atoms with Crippen LogP contribution in [-0.2, 0) is 10.0 Å². The van der Waals surface area contributed by atoms with Gasteiger partial charge >= 0.3 is 0 Å². The Morgan fingerprint density at radius 2 is 1.81 bits per heavy atom. The van der Waals surface area contributed by atoms with Crippen LogP contribution in [0.15, 0.2) is 29.2 Å². The molecule has 0 spiro atoms. The Bertz CT molecular complexity index is 533. The van der Waals surface area contributed by atoms with Gasteiger partial charge in [-0.2, -0.15) is 0 Å². The number of alkyl halides is 2. The molecule has 120 valence electrons. The van der Waals surface area contributed by atoms with E-state index in [-0.39, 0.29) is 24.0 Å². The number of sulfonamides is 1. The van der Waals surface area contributed by atoms with Crippen LogP contribution in [0.4, 0.5) is 14.5 Å². The van der Waals surface area contributed by atoms with Crippen LogP contribution in [0.2, 0.25) is 0 Å². The van der Waals surface area contributed by atoms with Gasteiger partial charge in [0.05, 0.1) is 11.4 Å². The van der Waals surface area contributed by atoms with Gasteiger partial charge in [-0.1, -0.05) is 0 Å². The van der Waals surface area contributed by atoms with Crippen LogP contribution in [0.3, 0.4) is 0 Å². The number of rotatable bonds is 8. The lowest BCUT2D eigenvalue weighted by Gasteiger charge is -2.24. The molecule has 0 saturated carbocycles. The lowest BCUT2D eigenvalue weighted by atomic mass is 10.3. The second kappa shape index (κ2) is 7.67. The van der Waals surface area contributed by atoms with Gasteiger partial charge in [0.2, 0.25) is 10.0 Å². The zero-order chi connectivity index (χ0) is 16.0. The number of anilines is 1. The summed E-state index contributed by atoms with van der Waals surface area (Å²) in [6, 6.07) is 5.59. The first-order valence-corrected chi connectivity index (χ1v) is 8.10. The van der Waals surface area contributed by atoms with E-state index in [9.17, 15) is 17.2 Å². The fourth-order valence-corrected chi connectivity index (χ4v) is 3.11. The summed E-state index contributed by atoms with van der Waals surface area (Å²) in [6.45, 7) is 3.52. The highest BCUT2D eigenvalue weighted by Crippen LogP contribution is 2.19. The molecule has 0 fully saturated rings. The number of hydrogen-bond acceptors (Lipinski definition) is 4. The monoisotopic (exact) mass is 321 g/mol. The lowest BCUT2D eigenvalue weighted by Crippen LogP contribution is -2.33. The molecule has 1 rings (SSSR count). The maximum atomic E-state index is 12.5. The maximum Gasteiger partial charge on any atom is 0.255 e. The van der Waals surface area contributed by atoms with Crippen molar-refractivity contribution in [2.45, 2.75) is 31.2 Å². The zero-order valence-corrected chi connectivity index (χ0v) is 12.9. The van der Waals surface area contributed by atoms with Gasteiger partial charge in [-0.05, 0) is 38.1 Å².